The van der Waals surface area contributed by atoms with E-state index < -0.39 is 23.0 Å². The van der Waals surface area contributed by atoms with E-state index >= 15 is 0 Å². The maximum atomic E-state index is 13.1. The number of amides is 1. The third kappa shape index (κ3) is 5.34. The third-order valence-corrected chi connectivity index (χ3v) is 6.45. The number of sulfonamides is 1. The molecule has 33 heavy (non-hydrogen) atoms. The molecule has 11 heteroatoms. The molecule has 9 nitrogen and oxygen atoms in total. The summed E-state index contributed by atoms with van der Waals surface area (Å²) >= 11 is 0. The molecule has 0 aromatic heterocycles. The Hall–Kier alpha value is -3.38. The molecule has 1 aliphatic rings. The van der Waals surface area contributed by atoms with Crippen molar-refractivity contribution in [3.8, 4) is 5.75 Å². The fourth-order valence-electron chi connectivity index (χ4n) is 3.36. The second-order valence-corrected chi connectivity index (χ2v) is 9.02. The highest BCUT2D eigenvalue weighted by atomic mass is 32.2. The van der Waals surface area contributed by atoms with Crippen molar-refractivity contribution in [1.29, 1.82) is 0 Å². The molecule has 0 saturated carbocycles. The van der Waals surface area contributed by atoms with Gasteiger partial charge in [0, 0.05) is 11.8 Å². The molecule has 3 aromatic rings. The molecule has 0 aliphatic carbocycles. The monoisotopic (exact) mass is 467 g/mol. The van der Waals surface area contributed by atoms with Crippen LogP contribution in [0, 0.1) is 0 Å². The zero-order valence-electron chi connectivity index (χ0n) is 17.5. The van der Waals surface area contributed by atoms with Crippen LogP contribution in [-0.4, -0.2) is 33.0 Å². The van der Waals surface area contributed by atoms with Crippen LogP contribution in [0.4, 0.5) is 11.4 Å². The van der Waals surface area contributed by atoms with E-state index in [0.717, 1.165) is 11.1 Å². The van der Waals surface area contributed by atoms with Gasteiger partial charge in [-0.3, -0.25) is 9.52 Å². The molecule has 5 N–H and O–H groups in total. The van der Waals surface area contributed by atoms with Crippen LogP contribution in [-0.2, 0) is 32.7 Å². The fourth-order valence-corrected chi connectivity index (χ4v) is 4.56. The van der Waals surface area contributed by atoms with E-state index in [1.165, 1.54) is 24.3 Å². The summed E-state index contributed by atoms with van der Waals surface area (Å²) < 4.78 is 39.6. The lowest BCUT2D eigenvalue weighted by Gasteiger charge is -2.15. The Labute approximate surface area is 191 Å². The fraction of sp³-hybridized carbons (Fsp3) is 0.136. The second-order valence-electron chi connectivity index (χ2n) is 7.37. The summed E-state index contributed by atoms with van der Waals surface area (Å²) in [5.74, 6) is -0.174. The van der Waals surface area contributed by atoms with Crippen LogP contribution >= 0.6 is 0 Å². The predicted octanol–water partition coefficient (Wildman–Crippen LogP) is 1.18. The van der Waals surface area contributed by atoms with Crippen molar-refractivity contribution in [2.75, 3.05) is 16.6 Å². The van der Waals surface area contributed by atoms with Crippen molar-refractivity contribution in [2.24, 2.45) is 5.73 Å². The van der Waals surface area contributed by atoms with Crippen molar-refractivity contribution in [3.63, 3.8) is 0 Å². The lowest BCUT2D eigenvalue weighted by Crippen LogP contribution is -2.28. The number of fused-ring (bicyclic) bond motifs is 1. The van der Waals surface area contributed by atoms with Crippen LogP contribution < -0.4 is 26.0 Å². The van der Waals surface area contributed by atoms with Gasteiger partial charge in [-0.2, -0.15) is 0 Å². The average molecular weight is 467 g/mol. The van der Waals surface area contributed by atoms with E-state index in [-0.39, 0.29) is 36.0 Å². The van der Waals surface area contributed by atoms with E-state index in [4.69, 9.17) is 15.1 Å². The van der Waals surface area contributed by atoms with Gasteiger partial charge in [-0.05, 0) is 40.9 Å². The summed E-state index contributed by atoms with van der Waals surface area (Å²) in [6.07, 6.45) is 0. The highest BCUT2D eigenvalue weighted by molar-refractivity contribution is 7.92. The number of nitrogens with two attached hydrogens (primary N) is 1. The number of rotatable bonds is 8. The van der Waals surface area contributed by atoms with Crippen LogP contribution in [0.25, 0.3) is 0 Å². The minimum absolute atomic E-state index is 0.0352. The Morgan fingerprint density at radius 2 is 1.91 bits per heavy atom. The number of carbonyl (C=O) groups is 1. The van der Waals surface area contributed by atoms with Gasteiger partial charge in [0.05, 0.1) is 18.8 Å². The van der Waals surface area contributed by atoms with Gasteiger partial charge in [0.2, 0.25) is 5.91 Å². The molecule has 0 saturated heterocycles. The van der Waals surface area contributed by atoms with Crippen LogP contribution in [0.2, 0.25) is 0 Å². The molecule has 1 amide bonds. The van der Waals surface area contributed by atoms with Crippen LogP contribution in [0.5, 0.6) is 5.75 Å². The van der Waals surface area contributed by atoms with Gasteiger partial charge < -0.3 is 25.5 Å². The van der Waals surface area contributed by atoms with Crippen molar-refractivity contribution in [3.05, 3.63) is 77.9 Å². The van der Waals surface area contributed by atoms with Gasteiger partial charge in [-0.1, -0.05) is 36.4 Å². The van der Waals surface area contributed by atoms with E-state index in [0.29, 0.717) is 11.2 Å². The van der Waals surface area contributed by atoms with Gasteiger partial charge >= 0.3 is 7.12 Å². The number of ether oxygens (including phenoxy) is 1. The normalized spacial score (nSPS) is 12.8. The first-order valence-corrected chi connectivity index (χ1v) is 11.6. The Balaban J connectivity index is 1.60. The minimum Gasteiger partial charge on any atom is -0.489 e. The van der Waals surface area contributed by atoms with Crippen LogP contribution in [0.15, 0.2) is 71.6 Å². The predicted molar refractivity (Wildman–Crippen MR) is 125 cm³/mol. The van der Waals surface area contributed by atoms with E-state index in [2.05, 4.69) is 10.0 Å². The summed E-state index contributed by atoms with van der Waals surface area (Å²) in [6, 6.07) is 18.5. The summed E-state index contributed by atoms with van der Waals surface area (Å²) in [6.45, 7) is 0.211. The first kappa shape index (κ1) is 22.8. The van der Waals surface area contributed by atoms with Crippen molar-refractivity contribution in [2.45, 2.75) is 18.1 Å². The van der Waals surface area contributed by atoms with Crippen molar-refractivity contribution < 1.29 is 27.6 Å². The average Bonchev–Trinajstić information content (AvgIpc) is 3.18. The number of benzene rings is 3. The molecule has 4 rings (SSSR count). The third-order valence-electron chi connectivity index (χ3n) is 5.01. The smallest absolute Gasteiger partial charge is 0.489 e. The summed E-state index contributed by atoms with van der Waals surface area (Å²) in [5.41, 5.74) is 7.89. The first-order valence-electron chi connectivity index (χ1n) is 10.1. The van der Waals surface area contributed by atoms with Crippen molar-refractivity contribution >= 4 is 39.9 Å². The molecule has 0 fully saturated rings. The summed E-state index contributed by atoms with van der Waals surface area (Å²) in [5, 5.41) is 12.4. The van der Waals surface area contributed by atoms with Gasteiger partial charge in [0.1, 0.15) is 17.3 Å². The Bertz CT molecular complexity index is 1270. The maximum absolute atomic E-state index is 13.1. The summed E-state index contributed by atoms with van der Waals surface area (Å²) in [7, 11) is -5.21. The quantitative estimate of drug-likeness (QED) is 0.365. The molecule has 0 spiro atoms. The summed E-state index contributed by atoms with van der Waals surface area (Å²) in [4.78, 5) is 11.8. The minimum atomic E-state index is -4.10. The second kappa shape index (κ2) is 9.63. The van der Waals surface area contributed by atoms with Gasteiger partial charge in [-0.25, -0.2) is 8.42 Å². The number of anilines is 2. The molecular formula is C22H22BN3O6S. The number of nitrogens with one attached hydrogen (secondary N) is 2. The van der Waals surface area contributed by atoms with Crippen LogP contribution in [0.3, 0.4) is 0 Å². The number of hydrogen-bond donors (Lipinski definition) is 4. The number of carbonyl (C=O) groups excluding carboxylic acids is 1. The zero-order chi connectivity index (χ0) is 23.4. The Morgan fingerprint density at radius 3 is 2.67 bits per heavy atom. The maximum Gasteiger partial charge on any atom is 0.491 e. The number of hydrogen-bond acceptors (Lipinski definition) is 7. The van der Waals surface area contributed by atoms with E-state index in [9.17, 15) is 18.2 Å². The molecule has 0 atom stereocenters. The topological polar surface area (TPSA) is 140 Å². The Morgan fingerprint density at radius 1 is 1.12 bits per heavy atom. The molecule has 1 heterocycles. The molecule has 170 valence electrons. The van der Waals surface area contributed by atoms with Gasteiger partial charge in [0.25, 0.3) is 10.0 Å². The van der Waals surface area contributed by atoms with E-state index in [1.807, 2.05) is 30.3 Å². The molecule has 0 bridgehead atoms. The Kier molecular flexibility index (Phi) is 6.66. The SMILES string of the molecule is NCC(=O)Nc1cc(OCc2ccccc2)ccc1S(=O)(=O)Nc1ccc2c(c1)B(O)OC2. The van der Waals surface area contributed by atoms with E-state index in [1.54, 1.807) is 12.1 Å². The molecule has 1 aliphatic heterocycles. The van der Waals surface area contributed by atoms with Crippen molar-refractivity contribution in [1.82, 2.24) is 0 Å². The highest BCUT2D eigenvalue weighted by Crippen LogP contribution is 2.29. The first-order chi connectivity index (χ1) is 15.9. The lowest BCUT2D eigenvalue weighted by atomic mass is 9.79. The van der Waals surface area contributed by atoms with Gasteiger partial charge in [-0.15, -0.1) is 0 Å². The largest absolute Gasteiger partial charge is 0.491 e. The van der Waals surface area contributed by atoms with Crippen LogP contribution in [0.1, 0.15) is 11.1 Å². The molecule has 0 radical (unpaired) electrons. The molecular weight excluding hydrogens is 445 g/mol. The standard InChI is InChI=1S/C22H22BN3O6S/c24-12-22(27)25-20-11-18(31-13-15-4-2-1-3-5-15)8-9-21(20)33(29,30)26-17-7-6-16-14-32-23(28)19(16)10-17/h1-11,26,28H,12-14,24H2,(H,25,27). The molecule has 0 unspecified atom stereocenters. The highest BCUT2D eigenvalue weighted by Gasteiger charge is 2.28. The lowest BCUT2D eigenvalue weighted by molar-refractivity contribution is -0.114. The molecule has 3 aromatic carbocycles. The van der Waals surface area contributed by atoms with Gasteiger partial charge in [0.15, 0.2) is 0 Å². The zero-order valence-corrected chi connectivity index (χ0v) is 18.3.